The van der Waals surface area contributed by atoms with Crippen LogP contribution in [0.4, 0.5) is 0 Å². The number of aliphatic hydroxyl groups excluding tert-OH is 1. The summed E-state index contributed by atoms with van der Waals surface area (Å²) in [7, 11) is 0. The standard InChI is InChI=1S/C18H29NOS/c1-14(2)15-6-8-16(9-7-15)17(20)12-19-13-18(21-3)10-4-5-11-18/h6-9,14,17,19-20H,4-5,10-13H2,1-3H3. The van der Waals surface area contributed by atoms with Crippen LogP contribution in [0.2, 0.25) is 0 Å². The highest BCUT2D eigenvalue weighted by Crippen LogP contribution is 2.39. The summed E-state index contributed by atoms with van der Waals surface area (Å²) < 4.78 is 0.404. The molecule has 0 aliphatic heterocycles. The van der Waals surface area contributed by atoms with Crippen LogP contribution >= 0.6 is 11.8 Å². The van der Waals surface area contributed by atoms with E-state index in [2.05, 4.69) is 49.7 Å². The van der Waals surface area contributed by atoms with Gasteiger partial charge in [-0.2, -0.15) is 11.8 Å². The fourth-order valence-electron chi connectivity index (χ4n) is 3.13. The summed E-state index contributed by atoms with van der Waals surface area (Å²) in [6.45, 7) is 6.03. The SMILES string of the molecule is CSC1(CNCC(O)c2ccc(C(C)C)cc2)CCCC1. The van der Waals surface area contributed by atoms with Gasteiger partial charge in [-0.05, 0) is 36.1 Å². The van der Waals surface area contributed by atoms with Crippen LogP contribution in [0.5, 0.6) is 0 Å². The molecule has 0 saturated heterocycles. The molecule has 118 valence electrons. The van der Waals surface area contributed by atoms with Gasteiger partial charge < -0.3 is 10.4 Å². The minimum Gasteiger partial charge on any atom is -0.387 e. The zero-order chi connectivity index (χ0) is 15.3. The molecule has 2 N–H and O–H groups in total. The van der Waals surface area contributed by atoms with Crippen molar-refractivity contribution in [2.45, 2.75) is 56.3 Å². The van der Waals surface area contributed by atoms with Crippen LogP contribution < -0.4 is 5.32 Å². The summed E-state index contributed by atoms with van der Waals surface area (Å²) in [5, 5.41) is 13.8. The van der Waals surface area contributed by atoms with E-state index in [1.807, 2.05) is 11.8 Å². The van der Waals surface area contributed by atoms with Crippen molar-refractivity contribution < 1.29 is 5.11 Å². The summed E-state index contributed by atoms with van der Waals surface area (Å²) in [5.41, 5.74) is 2.34. The van der Waals surface area contributed by atoms with Crippen LogP contribution in [0.3, 0.4) is 0 Å². The van der Waals surface area contributed by atoms with Crippen molar-refractivity contribution in [1.82, 2.24) is 5.32 Å². The van der Waals surface area contributed by atoms with Crippen molar-refractivity contribution in [3.63, 3.8) is 0 Å². The van der Waals surface area contributed by atoms with E-state index in [4.69, 9.17) is 0 Å². The molecule has 3 heteroatoms. The third kappa shape index (κ3) is 4.48. The van der Waals surface area contributed by atoms with E-state index in [1.54, 1.807) is 0 Å². The highest BCUT2D eigenvalue weighted by atomic mass is 32.2. The van der Waals surface area contributed by atoms with Gasteiger partial charge in [0.15, 0.2) is 0 Å². The van der Waals surface area contributed by atoms with Crippen molar-refractivity contribution >= 4 is 11.8 Å². The molecule has 0 aromatic heterocycles. The molecule has 0 amide bonds. The van der Waals surface area contributed by atoms with Crippen LogP contribution in [0.1, 0.15) is 62.7 Å². The molecule has 1 saturated carbocycles. The second-order valence-electron chi connectivity index (χ2n) is 6.56. The molecule has 0 radical (unpaired) electrons. The summed E-state index contributed by atoms with van der Waals surface area (Å²) in [6, 6.07) is 8.37. The molecule has 1 aliphatic rings. The van der Waals surface area contributed by atoms with E-state index in [1.165, 1.54) is 31.2 Å². The molecule has 2 rings (SSSR count). The summed E-state index contributed by atoms with van der Waals surface area (Å²) >= 11 is 1.99. The van der Waals surface area contributed by atoms with Crippen LogP contribution in [0, 0.1) is 0 Å². The summed E-state index contributed by atoms with van der Waals surface area (Å²) in [6.07, 6.45) is 7.12. The van der Waals surface area contributed by atoms with Crippen LogP contribution in [0.25, 0.3) is 0 Å². The third-order valence-electron chi connectivity index (χ3n) is 4.72. The Morgan fingerprint density at radius 3 is 2.24 bits per heavy atom. The Hall–Kier alpha value is -0.510. The maximum Gasteiger partial charge on any atom is 0.0914 e. The van der Waals surface area contributed by atoms with E-state index in [9.17, 15) is 5.11 Å². The predicted octanol–water partition coefficient (Wildman–Crippen LogP) is 4.11. The lowest BCUT2D eigenvalue weighted by atomic mass is 10.00. The fraction of sp³-hybridized carbons (Fsp3) is 0.667. The van der Waals surface area contributed by atoms with E-state index in [-0.39, 0.29) is 0 Å². The van der Waals surface area contributed by atoms with Crippen molar-refractivity contribution in [2.75, 3.05) is 19.3 Å². The average molecular weight is 308 g/mol. The number of nitrogens with one attached hydrogen (secondary N) is 1. The molecule has 2 nitrogen and oxygen atoms in total. The number of hydrogen-bond donors (Lipinski definition) is 2. The normalized spacial score (nSPS) is 19.1. The Kier molecular flexibility index (Phi) is 6.15. The maximum atomic E-state index is 10.3. The molecule has 1 unspecified atom stereocenters. The van der Waals surface area contributed by atoms with Crippen molar-refractivity contribution in [1.29, 1.82) is 0 Å². The molecule has 1 fully saturated rings. The highest BCUT2D eigenvalue weighted by molar-refractivity contribution is 8.00. The molecule has 21 heavy (non-hydrogen) atoms. The first-order valence-corrected chi connectivity index (χ1v) is 9.32. The van der Waals surface area contributed by atoms with Gasteiger partial charge in [-0.3, -0.25) is 0 Å². The number of thioether (sulfide) groups is 1. The number of benzene rings is 1. The molecular weight excluding hydrogens is 278 g/mol. The van der Waals surface area contributed by atoms with Gasteiger partial charge in [0.2, 0.25) is 0 Å². The fourth-order valence-corrected chi connectivity index (χ4v) is 4.07. The van der Waals surface area contributed by atoms with Gasteiger partial charge in [-0.1, -0.05) is 51.0 Å². The van der Waals surface area contributed by atoms with Crippen molar-refractivity contribution in [3.05, 3.63) is 35.4 Å². The monoisotopic (exact) mass is 307 g/mol. The lowest BCUT2D eigenvalue weighted by Crippen LogP contribution is -2.37. The largest absolute Gasteiger partial charge is 0.387 e. The van der Waals surface area contributed by atoms with Gasteiger partial charge in [0.25, 0.3) is 0 Å². The molecule has 0 bridgehead atoms. The van der Waals surface area contributed by atoms with E-state index in [0.717, 1.165) is 12.1 Å². The Balaban J connectivity index is 1.82. The van der Waals surface area contributed by atoms with Crippen LogP contribution in [-0.2, 0) is 0 Å². The van der Waals surface area contributed by atoms with Gasteiger partial charge in [0.05, 0.1) is 6.10 Å². The quantitative estimate of drug-likeness (QED) is 0.795. The van der Waals surface area contributed by atoms with E-state index in [0.29, 0.717) is 17.2 Å². The lowest BCUT2D eigenvalue weighted by Gasteiger charge is -2.27. The van der Waals surface area contributed by atoms with Gasteiger partial charge >= 0.3 is 0 Å². The van der Waals surface area contributed by atoms with Gasteiger partial charge in [-0.15, -0.1) is 0 Å². The average Bonchev–Trinajstić information content (AvgIpc) is 2.96. The minimum atomic E-state index is -0.411. The second kappa shape index (κ2) is 7.66. The van der Waals surface area contributed by atoms with E-state index >= 15 is 0 Å². The zero-order valence-corrected chi connectivity index (χ0v) is 14.4. The molecule has 1 atom stereocenters. The predicted molar refractivity (Wildman–Crippen MR) is 93.1 cm³/mol. The number of rotatable bonds is 7. The molecule has 0 spiro atoms. The molecule has 0 heterocycles. The second-order valence-corrected chi connectivity index (χ2v) is 7.84. The number of hydrogen-bond acceptors (Lipinski definition) is 3. The Morgan fingerprint density at radius 1 is 1.14 bits per heavy atom. The molecule has 1 aromatic rings. The van der Waals surface area contributed by atoms with Gasteiger partial charge in [-0.25, -0.2) is 0 Å². The van der Waals surface area contributed by atoms with Crippen molar-refractivity contribution in [3.8, 4) is 0 Å². The topological polar surface area (TPSA) is 32.3 Å². The van der Waals surface area contributed by atoms with Crippen LogP contribution in [0.15, 0.2) is 24.3 Å². The first-order valence-electron chi connectivity index (χ1n) is 8.10. The smallest absolute Gasteiger partial charge is 0.0914 e. The van der Waals surface area contributed by atoms with Gasteiger partial charge in [0.1, 0.15) is 0 Å². The molecule has 1 aliphatic carbocycles. The Morgan fingerprint density at radius 2 is 1.71 bits per heavy atom. The van der Waals surface area contributed by atoms with E-state index < -0.39 is 6.10 Å². The molecule has 1 aromatic carbocycles. The highest BCUT2D eigenvalue weighted by Gasteiger charge is 2.32. The maximum absolute atomic E-state index is 10.3. The summed E-state index contributed by atoms with van der Waals surface area (Å²) in [5.74, 6) is 0.540. The third-order valence-corrected chi connectivity index (χ3v) is 6.14. The van der Waals surface area contributed by atoms with Gasteiger partial charge in [0, 0.05) is 17.8 Å². The summed E-state index contributed by atoms with van der Waals surface area (Å²) in [4.78, 5) is 0. The lowest BCUT2D eigenvalue weighted by molar-refractivity contribution is 0.173. The minimum absolute atomic E-state index is 0.404. The zero-order valence-electron chi connectivity index (χ0n) is 13.6. The number of aliphatic hydroxyl groups is 1. The first-order chi connectivity index (χ1) is 10.1. The van der Waals surface area contributed by atoms with Crippen molar-refractivity contribution in [2.24, 2.45) is 0 Å². The Labute approximate surface area is 133 Å². The first kappa shape index (κ1) is 16.9. The Bertz CT molecular complexity index is 423. The molecular formula is C18H29NOS. The van der Waals surface area contributed by atoms with Crippen LogP contribution in [-0.4, -0.2) is 29.2 Å².